The normalized spacial score (nSPS) is 48.6. The monoisotopic (exact) mass is 501 g/mol. The highest BCUT2D eigenvalue weighted by Crippen LogP contribution is 2.76. The Hall–Kier alpha value is -0.340. The molecule has 4 rings (SSSR count). The van der Waals surface area contributed by atoms with Gasteiger partial charge in [-0.15, -0.1) is 0 Å². The van der Waals surface area contributed by atoms with Crippen LogP contribution in [0.5, 0.6) is 0 Å². The molecule has 0 spiro atoms. The zero-order valence-corrected chi connectivity index (χ0v) is 25.2. The van der Waals surface area contributed by atoms with Gasteiger partial charge in [0.1, 0.15) is 0 Å². The van der Waals surface area contributed by atoms with Gasteiger partial charge in [-0.05, 0) is 134 Å². The number of rotatable bonds is 6. The van der Waals surface area contributed by atoms with Gasteiger partial charge < -0.3 is 0 Å². The summed E-state index contributed by atoms with van der Waals surface area (Å²) in [5.41, 5.74) is 10.3. The van der Waals surface area contributed by atoms with E-state index in [2.05, 4.69) is 79.7 Å². The van der Waals surface area contributed by atoms with E-state index in [1.165, 1.54) is 63.4 Å². The van der Waals surface area contributed by atoms with Crippen molar-refractivity contribution in [2.24, 2.45) is 62.6 Å². The Kier molecular flexibility index (Phi) is 8.39. The number of hydrazine groups is 1. The molecule has 0 heterocycles. The molecule has 0 aliphatic heterocycles. The molecule has 0 aromatic heterocycles. The Bertz CT molecular complexity index is 801. The first-order valence-corrected chi connectivity index (χ1v) is 15.2. The van der Waals surface area contributed by atoms with Gasteiger partial charge in [-0.1, -0.05) is 75.0 Å². The van der Waals surface area contributed by atoms with E-state index in [-0.39, 0.29) is 7.43 Å². The second-order valence-electron chi connectivity index (χ2n) is 15.7. The first-order valence-electron chi connectivity index (χ1n) is 15.2. The lowest BCUT2D eigenvalue weighted by atomic mass is 9.31. The van der Waals surface area contributed by atoms with Crippen LogP contribution in [0.4, 0.5) is 0 Å². The van der Waals surface area contributed by atoms with E-state index in [9.17, 15) is 0 Å². The summed E-state index contributed by atoms with van der Waals surface area (Å²) < 4.78 is 0. The van der Waals surface area contributed by atoms with Crippen LogP contribution in [0, 0.1) is 62.6 Å². The summed E-state index contributed by atoms with van der Waals surface area (Å²) in [6.45, 7) is 29.1. The van der Waals surface area contributed by atoms with Gasteiger partial charge >= 0.3 is 0 Å². The van der Waals surface area contributed by atoms with Crippen LogP contribution in [0.1, 0.15) is 128 Å². The van der Waals surface area contributed by atoms with E-state index in [0.717, 1.165) is 36.1 Å². The quantitative estimate of drug-likeness (QED) is 0.216. The maximum Gasteiger partial charge on any atom is 0.0105 e. The zero-order valence-electron chi connectivity index (χ0n) is 25.2. The molecule has 2 nitrogen and oxygen atoms in total. The lowest BCUT2D eigenvalue weighted by molar-refractivity contribution is -0.244. The predicted molar refractivity (Wildman–Crippen MR) is 159 cm³/mol. The number of hydrogen-bond acceptors (Lipinski definition) is 2. The highest BCUT2D eigenvalue weighted by molar-refractivity contribution is 5.19. The Morgan fingerprint density at radius 1 is 0.889 bits per heavy atom. The molecule has 4 saturated carbocycles. The first-order chi connectivity index (χ1) is 16.2. The van der Waals surface area contributed by atoms with Crippen LogP contribution in [0.15, 0.2) is 12.2 Å². The Balaban J connectivity index is 0.00000361. The maximum atomic E-state index is 4.51. The summed E-state index contributed by atoms with van der Waals surface area (Å²) in [7, 11) is 2.00. The van der Waals surface area contributed by atoms with Gasteiger partial charge in [0.25, 0.3) is 0 Å². The third-order valence-electron chi connectivity index (χ3n) is 14.3. The zero-order chi connectivity index (χ0) is 26.0. The van der Waals surface area contributed by atoms with E-state index in [1.807, 2.05) is 7.05 Å². The highest BCUT2D eigenvalue weighted by Gasteiger charge is 2.69. The van der Waals surface area contributed by atoms with Crippen LogP contribution in [-0.4, -0.2) is 13.6 Å². The standard InChI is InChI=1S/C33H60N2.CH4/c1-22(2)24(4)28-25-12-13-27-31(8)16-14-23(3)29(5,6)26(31)15-17-33(27,10)32(25,9)19-18-30(28,7)20-21-35-34-11;/h23-28,34-35H,1,12-21H2,2-11H3;1H4. The van der Waals surface area contributed by atoms with Crippen molar-refractivity contribution in [3.8, 4) is 0 Å². The van der Waals surface area contributed by atoms with E-state index in [1.54, 1.807) is 0 Å². The molecule has 2 heteroatoms. The summed E-state index contributed by atoms with van der Waals surface area (Å²) in [5, 5.41) is 0. The molecule has 10 unspecified atom stereocenters. The molecule has 4 aliphatic rings. The van der Waals surface area contributed by atoms with Gasteiger partial charge in [-0.3, -0.25) is 10.9 Å². The lowest BCUT2D eigenvalue weighted by Gasteiger charge is -2.73. The van der Waals surface area contributed by atoms with Crippen LogP contribution < -0.4 is 10.9 Å². The molecule has 36 heavy (non-hydrogen) atoms. The predicted octanol–water partition coefficient (Wildman–Crippen LogP) is 9.28. The molecular weight excluding hydrogens is 436 g/mol. The van der Waals surface area contributed by atoms with E-state index in [4.69, 9.17) is 0 Å². The van der Waals surface area contributed by atoms with Crippen molar-refractivity contribution in [1.82, 2.24) is 10.9 Å². The van der Waals surface area contributed by atoms with Gasteiger partial charge in [0.2, 0.25) is 0 Å². The van der Waals surface area contributed by atoms with Crippen molar-refractivity contribution in [3.63, 3.8) is 0 Å². The van der Waals surface area contributed by atoms with E-state index in [0.29, 0.717) is 33.0 Å². The Labute approximate surface area is 226 Å². The largest absolute Gasteiger partial charge is 0.261 e. The van der Waals surface area contributed by atoms with Gasteiger partial charge in [-0.2, -0.15) is 0 Å². The average molecular weight is 501 g/mol. The first kappa shape index (κ1) is 30.2. The minimum atomic E-state index is 0. The Morgan fingerprint density at radius 2 is 1.56 bits per heavy atom. The third kappa shape index (κ3) is 4.18. The molecule has 0 saturated heterocycles. The second-order valence-corrected chi connectivity index (χ2v) is 15.7. The third-order valence-corrected chi connectivity index (χ3v) is 14.3. The molecule has 0 bridgehead atoms. The van der Waals surface area contributed by atoms with Crippen LogP contribution in [0.3, 0.4) is 0 Å². The summed E-state index contributed by atoms with van der Waals surface area (Å²) in [4.78, 5) is 0. The van der Waals surface area contributed by atoms with Crippen molar-refractivity contribution in [1.29, 1.82) is 0 Å². The summed E-state index contributed by atoms with van der Waals surface area (Å²) in [6.07, 6.45) is 12.7. The molecule has 0 radical (unpaired) electrons. The van der Waals surface area contributed by atoms with Crippen LogP contribution in [-0.2, 0) is 0 Å². The molecule has 4 aliphatic carbocycles. The number of allylic oxidation sites excluding steroid dienone is 1. The van der Waals surface area contributed by atoms with Crippen LogP contribution >= 0.6 is 0 Å². The van der Waals surface area contributed by atoms with Gasteiger partial charge in [0, 0.05) is 6.54 Å². The topological polar surface area (TPSA) is 24.1 Å². The van der Waals surface area contributed by atoms with Crippen molar-refractivity contribution < 1.29 is 0 Å². The summed E-state index contributed by atoms with van der Waals surface area (Å²) in [6, 6.07) is 0. The number of hydrogen-bond donors (Lipinski definition) is 2. The van der Waals surface area contributed by atoms with Crippen LogP contribution in [0.25, 0.3) is 0 Å². The van der Waals surface area contributed by atoms with E-state index >= 15 is 0 Å². The second kappa shape index (κ2) is 10.0. The number of nitrogens with one attached hydrogen (secondary N) is 2. The molecule has 0 aromatic carbocycles. The molecule has 0 aromatic rings. The Morgan fingerprint density at radius 3 is 2.17 bits per heavy atom. The summed E-state index contributed by atoms with van der Waals surface area (Å²) in [5.74, 6) is 4.80. The van der Waals surface area contributed by atoms with Crippen molar-refractivity contribution in [2.45, 2.75) is 128 Å². The molecule has 10 atom stereocenters. The summed E-state index contributed by atoms with van der Waals surface area (Å²) >= 11 is 0. The van der Waals surface area contributed by atoms with Crippen molar-refractivity contribution >= 4 is 0 Å². The van der Waals surface area contributed by atoms with E-state index < -0.39 is 0 Å². The molecule has 0 amide bonds. The fourth-order valence-corrected chi connectivity index (χ4v) is 11.4. The highest BCUT2D eigenvalue weighted by atomic mass is 15.3. The average Bonchev–Trinajstić information content (AvgIpc) is 2.77. The van der Waals surface area contributed by atoms with Gasteiger partial charge in [0.15, 0.2) is 0 Å². The smallest absolute Gasteiger partial charge is 0.0105 e. The minimum Gasteiger partial charge on any atom is -0.261 e. The van der Waals surface area contributed by atoms with Gasteiger partial charge in [0.05, 0.1) is 0 Å². The lowest BCUT2D eigenvalue weighted by Crippen LogP contribution is -2.66. The van der Waals surface area contributed by atoms with Crippen LogP contribution in [0.2, 0.25) is 0 Å². The fourth-order valence-electron chi connectivity index (χ4n) is 11.4. The maximum absolute atomic E-state index is 4.51. The molecule has 2 N–H and O–H groups in total. The SMILES string of the molecule is C.C=C(C)C(C)C1C2CCC3C4(C)CCC(C)C(C)(C)C4CCC3(C)C2(C)CCC1(C)CCNNC. The number of fused-ring (bicyclic) bond motifs is 5. The molecule has 4 fully saturated rings. The van der Waals surface area contributed by atoms with Gasteiger partial charge in [-0.25, -0.2) is 0 Å². The fraction of sp³-hybridized carbons (Fsp3) is 0.941. The van der Waals surface area contributed by atoms with Crippen molar-refractivity contribution in [3.05, 3.63) is 12.2 Å². The minimum absolute atomic E-state index is 0. The molecular formula is C34H64N2. The molecule has 210 valence electrons. The van der Waals surface area contributed by atoms with Crippen molar-refractivity contribution in [2.75, 3.05) is 13.6 Å².